The molecule has 3 nitrogen and oxygen atoms in total. The lowest BCUT2D eigenvalue weighted by atomic mass is 10.1. The normalized spacial score (nSPS) is 15.0. The van der Waals surface area contributed by atoms with Crippen LogP contribution in [0, 0.1) is 0 Å². The Kier molecular flexibility index (Phi) is 6.71. The van der Waals surface area contributed by atoms with Crippen molar-refractivity contribution in [2.24, 2.45) is 0 Å². The van der Waals surface area contributed by atoms with E-state index in [4.69, 9.17) is 9.47 Å². The smallest absolute Gasteiger partial charge is 0.162 e. The van der Waals surface area contributed by atoms with Crippen LogP contribution in [0.25, 0.3) is 0 Å². The first kappa shape index (κ1) is 16.5. The Morgan fingerprint density at radius 1 is 1.19 bits per heavy atom. The number of rotatable bonds is 8. The maximum absolute atomic E-state index is 5.69. The number of nitrogens with one attached hydrogen (secondary N) is 1. The van der Waals surface area contributed by atoms with Crippen LogP contribution in [0.5, 0.6) is 11.5 Å². The molecule has 0 amide bonds. The van der Waals surface area contributed by atoms with Gasteiger partial charge < -0.3 is 14.8 Å². The minimum Gasteiger partial charge on any atom is -0.486 e. The summed E-state index contributed by atoms with van der Waals surface area (Å²) in [6.07, 6.45) is 7.27. The van der Waals surface area contributed by atoms with Gasteiger partial charge >= 0.3 is 0 Å². The largest absolute Gasteiger partial charge is 0.486 e. The van der Waals surface area contributed by atoms with Crippen LogP contribution in [0.2, 0.25) is 0 Å². The van der Waals surface area contributed by atoms with Crippen molar-refractivity contribution < 1.29 is 9.47 Å². The third-order valence-electron chi connectivity index (χ3n) is 3.83. The Bertz CT molecular complexity index is 451. The molecule has 2 rings (SSSR count). The molecule has 0 saturated carbocycles. The van der Waals surface area contributed by atoms with Crippen LogP contribution in [-0.4, -0.2) is 25.5 Å². The van der Waals surface area contributed by atoms with Crippen LogP contribution in [-0.2, 0) is 6.54 Å². The molecule has 118 valence electrons. The van der Waals surface area contributed by atoms with Crippen LogP contribution in [0.4, 0.5) is 0 Å². The second-order valence-corrected chi connectivity index (χ2v) is 6.43. The second kappa shape index (κ2) is 8.54. The maximum atomic E-state index is 5.69. The van der Waals surface area contributed by atoms with Crippen LogP contribution in [0.1, 0.15) is 45.1 Å². The summed E-state index contributed by atoms with van der Waals surface area (Å²) in [5.41, 5.74) is 1.30. The predicted molar refractivity (Wildman–Crippen MR) is 89.7 cm³/mol. The summed E-state index contributed by atoms with van der Waals surface area (Å²) in [7, 11) is 0. The summed E-state index contributed by atoms with van der Waals surface area (Å²) in [6, 6.07) is 4.80. The Morgan fingerprint density at radius 2 is 1.90 bits per heavy atom. The van der Waals surface area contributed by atoms with E-state index < -0.39 is 0 Å². The van der Waals surface area contributed by atoms with E-state index >= 15 is 0 Å². The predicted octanol–water partition coefficient (Wildman–Crippen LogP) is 4.24. The monoisotopic (exact) mass is 309 g/mol. The second-order valence-electron chi connectivity index (χ2n) is 5.59. The molecule has 1 aliphatic heterocycles. The first-order valence-corrected chi connectivity index (χ1v) is 9.17. The Labute approximate surface area is 132 Å². The van der Waals surface area contributed by atoms with Crippen molar-refractivity contribution in [2.75, 3.05) is 19.5 Å². The van der Waals surface area contributed by atoms with Gasteiger partial charge in [0.15, 0.2) is 11.5 Å². The summed E-state index contributed by atoms with van der Waals surface area (Å²) in [5, 5.41) is 3.63. The van der Waals surface area contributed by atoms with Gasteiger partial charge in [0.2, 0.25) is 0 Å². The van der Waals surface area contributed by atoms with Gasteiger partial charge in [0.05, 0.1) is 0 Å². The number of fused-ring (bicyclic) bond motifs is 1. The molecule has 0 aromatic heterocycles. The number of thioether (sulfide) groups is 1. The molecule has 1 atom stereocenters. The van der Waals surface area contributed by atoms with Gasteiger partial charge in [-0.25, -0.2) is 0 Å². The van der Waals surface area contributed by atoms with Crippen molar-refractivity contribution in [3.05, 3.63) is 17.7 Å². The number of unbranched alkanes of at least 4 members (excludes halogenated alkanes) is 2. The van der Waals surface area contributed by atoms with Gasteiger partial charge in [-0.1, -0.05) is 26.2 Å². The third-order valence-corrected chi connectivity index (χ3v) is 4.65. The van der Waals surface area contributed by atoms with Crippen molar-refractivity contribution in [1.29, 1.82) is 0 Å². The molecule has 0 bridgehead atoms. The molecule has 0 radical (unpaired) electrons. The summed E-state index contributed by atoms with van der Waals surface area (Å²) >= 11 is 1.77. The zero-order valence-corrected chi connectivity index (χ0v) is 14.2. The van der Waals surface area contributed by atoms with Crippen molar-refractivity contribution in [2.45, 2.75) is 57.0 Å². The van der Waals surface area contributed by atoms with Crippen molar-refractivity contribution in [3.8, 4) is 11.5 Å². The highest BCUT2D eigenvalue weighted by Gasteiger charge is 2.15. The van der Waals surface area contributed by atoms with E-state index in [0.29, 0.717) is 19.3 Å². The molecule has 1 heterocycles. The van der Waals surface area contributed by atoms with Crippen LogP contribution in [0.15, 0.2) is 17.0 Å². The summed E-state index contributed by atoms with van der Waals surface area (Å²) in [4.78, 5) is 1.27. The van der Waals surface area contributed by atoms with Crippen LogP contribution < -0.4 is 14.8 Å². The molecule has 1 aromatic carbocycles. The topological polar surface area (TPSA) is 30.5 Å². The molecule has 1 unspecified atom stereocenters. The summed E-state index contributed by atoms with van der Waals surface area (Å²) < 4.78 is 11.3. The van der Waals surface area contributed by atoms with E-state index in [1.165, 1.54) is 36.1 Å². The number of hydrogen-bond donors (Lipinski definition) is 1. The van der Waals surface area contributed by atoms with Crippen LogP contribution >= 0.6 is 11.8 Å². The van der Waals surface area contributed by atoms with Gasteiger partial charge in [0.1, 0.15) is 13.2 Å². The highest BCUT2D eigenvalue weighted by atomic mass is 32.2. The molecular weight excluding hydrogens is 282 g/mol. The molecule has 0 spiro atoms. The average Bonchev–Trinajstić information content (AvgIpc) is 2.52. The quantitative estimate of drug-likeness (QED) is 0.575. The fourth-order valence-corrected chi connectivity index (χ4v) is 3.15. The molecule has 4 heteroatoms. The van der Waals surface area contributed by atoms with Crippen molar-refractivity contribution >= 4 is 11.8 Å². The molecular formula is C17H27NO2S. The first-order chi connectivity index (χ1) is 10.2. The zero-order valence-electron chi connectivity index (χ0n) is 13.4. The van der Waals surface area contributed by atoms with E-state index in [-0.39, 0.29) is 0 Å². The van der Waals surface area contributed by atoms with Gasteiger partial charge in [0.25, 0.3) is 0 Å². The highest BCUT2D eigenvalue weighted by molar-refractivity contribution is 7.98. The molecule has 1 aromatic rings. The molecule has 1 N–H and O–H groups in total. The zero-order chi connectivity index (χ0) is 15.1. The van der Waals surface area contributed by atoms with Gasteiger partial charge in [-0.15, -0.1) is 11.8 Å². The number of benzene rings is 1. The van der Waals surface area contributed by atoms with Gasteiger partial charge in [0, 0.05) is 17.5 Å². The minimum atomic E-state index is 0.555. The fourth-order valence-electron chi connectivity index (χ4n) is 2.53. The van der Waals surface area contributed by atoms with Crippen LogP contribution in [0.3, 0.4) is 0 Å². The van der Waals surface area contributed by atoms with Gasteiger partial charge in [-0.05, 0) is 37.3 Å². The Morgan fingerprint density at radius 3 is 2.57 bits per heavy atom. The first-order valence-electron chi connectivity index (χ1n) is 7.94. The SMILES string of the molecule is CCCCCC(C)NCc1cc2c(cc1SC)OCCO2. The molecule has 21 heavy (non-hydrogen) atoms. The lowest BCUT2D eigenvalue weighted by Gasteiger charge is -2.21. The molecule has 0 aliphatic carbocycles. The van der Waals surface area contributed by atoms with Gasteiger partial charge in [-0.2, -0.15) is 0 Å². The Balaban J connectivity index is 1.95. The highest BCUT2D eigenvalue weighted by Crippen LogP contribution is 2.36. The van der Waals surface area contributed by atoms with Gasteiger partial charge in [-0.3, -0.25) is 0 Å². The lowest BCUT2D eigenvalue weighted by Crippen LogP contribution is -2.25. The Hall–Kier alpha value is -0.870. The van der Waals surface area contributed by atoms with E-state index in [0.717, 1.165) is 18.0 Å². The van der Waals surface area contributed by atoms with E-state index in [1.807, 2.05) is 0 Å². The lowest BCUT2D eigenvalue weighted by molar-refractivity contribution is 0.171. The van der Waals surface area contributed by atoms with E-state index in [1.54, 1.807) is 11.8 Å². The van der Waals surface area contributed by atoms with E-state index in [2.05, 4.69) is 37.6 Å². The fraction of sp³-hybridized carbons (Fsp3) is 0.647. The summed E-state index contributed by atoms with van der Waals surface area (Å²) in [6.45, 7) is 6.70. The van der Waals surface area contributed by atoms with Crippen molar-refractivity contribution in [3.63, 3.8) is 0 Å². The average molecular weight is 309 g/mol. The number of ether oxygens (including phenoxy) is 2. The number of hydrogen-bond acceptors (Lipinski definition) is 4. The van der Waals surface area contributed by atoms with E-state index in [9.17, 15) is 0 Å². The third kappa shape index (κ3) is 4.82. The molecule has 0 fully saturated rings. The standard InChI is InChI=1S/C17H27NO2S/c1-4-5-6-7-13(2)18-12-14-10-15-16(11-17(14)21-3)20-9-8-19-15/h10-11,13,18H,4-9,12H2,1-3H3. The summed E-state index contributed by atoms with van der Waals surface area (Å²) in [5.74, 6) is 1.76. The molecule has 1 aliphatic rings. The molecule has 0 saturated heterocycles. The minimum absolute atomic E-state index is 0.555. The maximum Gasteiger partial charge on any atom is 0.162 e. The van der Waals surface area contributed by atoms with Crippen molar-refractivity contribution in [1.82, 2.24) is 5.32 Å².